The molecule has 1 N–H and O–H groups in total. The summed E-state index contributed by atoms with van der Waals surface area (Å²) in [6.45, 7) is 6.74. The van der Waals surface area contributed by atoms with Gasteiger partial charge in [-0.2, -0.15) is 5.10 Å². The van der Waals surface area contributed by atoms with Gasteiger partial charge in [0.1, 0.15) is 0 Å². The summed E-state index contributed by atoms with van der Waals surface area (Å²) in [5.74, 6) is 0. The fraction of sp³-hybridized carbons (Fsp3) is 0.812. The summed E-state index contributed by atoms with van der Waals surface area (Å²) in [5, 5.41) is 8.24. The molecule has 0 aromatic carbocycles. The van der Waals surface area contributed by atoms with Crippen LogP contribution in [0.25, 0.3) is 0 Å². The Bertz CT molecular complexity index is 389. The van der Waals surface area contributed by atoms with E-state index in [0.717, 1.165) is 13.0 Å². The van der Waals surface area contributed by atoms with Crippen LogP contribution in [0.1, 0.15) is 57.3 Å². The number of aryl methyl sites for hydroxylation is 2. The molecule has 3 nitrogen and oxygen atoms in total. The molecule has 1 saturated carbocycles. The fourth-order valence-corrected chi connectivity index (χ4v) is 3.37. The van der Waals surface area contributed by atoms with E-state index in [1.54, 1.807) is 0 Å². The molecule has 1 heterocycles. The van der Waals surface area contributed by atoms with Crippen LogP contribution in [0.4, 0.5) is 0 Å². The van der Waals surface area contributed by atoms with Gasteiger partial charge >= 0.3 is 0 Å². The number of nitrogens with one attached hydrogen (secondary N) is 1. The van der Waals surface area contributed by atoms with E-state index in [1.807, 2.05) is 0 Å². The van der Waals surface area contributed by atoms with Crippen molar-refractivity contribution in [1.82, 2.24) is 15.1 Å². The molecule has 0 spiro atoms. The zero-order chi connectivity index (χ0) is 13.7. The summed E-state index contributed by atoms with van der Waals surface area (Å²) in [7, 11) is 2.09. The lowest BCUT2D eigenvalue weighted by molar-refractivity contribution is 0.272. The van der Waals surface area contributed by atoms with E-state index in [2.05, 4.69) is 42.1 Å². The number of hydrogen-bond acceptors (Lipinski definition) is 2. The van der Waals surface area contributed by atoms with Crippen LogP contribution in [0.2, 0.25) is 0 Å². The molecule has 108 valence electrons. The van der Waals surface area contributed by atoms with Crippen molar-refractivity contribution in [3.05, 3.63) is 17.5 Å². The lowest BCUT2D eigenvalue weighted by Crippen LogP contribution is -2.34. The van der Waals surface area contributed by atoms with Crippen LogP contribution in [0.15, 0.2) is 6.07 Å². The number of hydrogen-bond donors (Lipinski definition) is 1. The molecule has 0 bridgehead atoms. The molecule has 0 amide bonds. The standard InChI is InChI=1S/C16H29N3/c1-4-10-17-13-16(8-6-7-9-16)12-15-11-14(5-2)18-19(15)3/h11,17H,4-10,12-13H2,1-3H3. The largest absolute Gasteiger partial charge is 0.316 e. The molecule has 1 aromatic rings. The van der Waals surface area contributed by atoms with E-state index in [9.17, 15) is 0 Å². The first-order valence-electron chi connectivity index (χ1n) is 7.91. The van der Waals surface area contributed by atoms with Gasteiger partial charge in [-0.25, -0.2) is 0 Å². The Morgan fingerprint density at radius 3 is 2.63 bits per heavy atom. The van der Waals surface area contributed by atoms with E-state index in [0.29, 0.717) is 5.41 Å². The van der Waals surface area contributed by atoms with Crippen molar-refractivity contribution in [3.8, 4) is 0 Å². The van der Waals surface area contributed by atoms with Crippen LogP contribution >= 0.6 is 0 Å². The third-order valence-corrected chi connectivity index (χ3v) is 4.54. The van der Waals surface area contributed by atoms with Gasteiger partial charge < -0.3 is 5.32 Å². The number of aromatic nitrogens is 2. The van der Waals surface area contributed by atoms with Gasteiger partial charge in [-0.1, -0.05) is 26.7 Å². The third-order valence-electron chi connectivity index (χ3n) is 4.54. The average molecular weight is 263 g/mol. The second-order valence-corrected chi connectivity index (χ2v) is 6.16. The highest BCUT2D eigenvalue weighted by atomic mass is 15.3. The molecule has 0 radical (unpaired) electrons. The molecule has 0 aliphatic heterocycles. The molecule has 0 unspecified atom stereocenters. The van der Waals surface area contributed by atoms with Crippen molar-refractivity contribution in [2.75, 3.05) is 13.1 Å². The van der Waals surface area contributed by atoms with Gasteiger partial charge in [-0.3, -0.25) is 4.68 Å². The molecule has 0 atom stereocenters. The zero-order valence-corrected chi connectivity index (χ0v) is 12.8. The maximum absolute atomic E-state index is 4.60. The van der Waals surface area contributed by atoms with E-state index >= 15 is 0 Å². The third kappa shape index (κ3) is 3.59. The highest BCUT2D eigenvalue weighted by Gasteiger charge is 2.34. The van der Waals surface area contributed by atoms with Gasteiger partial charge in [0.2, 0.25) is 0 Å². The zero-order valence-electron chi connectivity index (χ0n) is 12.8. The van der Waals surface area contributed by atoms with Gasteiger partial charge in [-0.05, 0) is 50.1 Å². The SMILES string of the molecule is CCCNCC1(Cc2cc(CC)nn2C)CCCC1. The molecule has 1 fully saturated rings. The molecule has 2 rings (SSSR count). The lowest BCUT2D eigenvalue weighted by Gasteiger charge is -2.29. The van der Waals surface area contributed by atoms with E-state index in [-0.39, 0.29) is 0 Å². The number of rotatable bonds is 7. The quantitative estimate of drug-likeness (QED) is 0.766. The van der Waals surface area contributed by atoms with Crippen LogP contribution in [-0.4, -0.2) is 22.9 Å². The second-order valence-electron chi connectivity index (χ2n) is 6.16. The Hall–Kier alpha value is -0.830. The molecule has 3 heteroatoms. The van der Waals surface area contributed by atoms with E-state index < -0.39 is 0 Å². The maximum Gasteiger partial charge on any atom is 0.0624 e. The minimum Gasteiger partial charge on any atom is -0.316 e. The molecular formula is C16H29N3. The van der Waals surface area contributed by atoms with Gasteiger partial charge in [0.05, 0.1) is 5.69 Å². The Morgan fingerprint density at radius 1 is 1.32 bits per heavy atom. The highest BCUT2D eigenvalue weighted by molar-refractivity contribution is 5.13. The average Bonchev–Trinajstić information content (AvgIpc) is 2.99. The van der Waals surface area contributed by atoms with Crippen molar-refractivity contribution >= 4 is 0 Å². The van der Waals surface area contributed by atoms with Crippen molar-refractivity contribution in [2.24, 2.45) is 12.5 Å². The first kappa shape index (κ1) is 14.6. The lowest BCUT2D eigenvalue weighted by atomic mass is 9.81. The van der Waals surface area contributed by atoms with Crippen LogP contribution in [0.3, 0.4) is 0 Å². The fourth-order valence-electron chi connectivity index (χ4n) is 3.37. The summed E-state index contributed by atoms with van der Waals surface area (Å²) in [6, 6.07) is 2.31. The maximum atomic E-state index is 4.60. The van der Waals surface area contributed by atoms with Gasteiger partial charge in [0, 0.05) is 19.3 Å². The predicted octanol–water partition coefficient (Wildman–Crippen LogP) is 3.09. The van der Waals surface area contributed by atoms with Crippen molar-refractivity contribution in [2.45, 2.75) is 58.8 Å². The van der Waals surface area contributed by atoms with Gasteiger partial charge in [0.25, 0.3) is 0 Å². The first-order chi connectivity index (χ1) is 9.19. The molecule has 1 aliphatic carbocycles. The topological polar surface area (TPSA) is 29.9 Å². The first-order valence-corrected chi connectivity index (χ1v) is 7.91. The van der Waals surface area contributed by atoms with E-state index in [4.69, 9.17) is 0 Å². The Balaban J connectivity index is 2.04. The van der Waals surface area contributed by atoms with E-state index in [1.165, 1.54) is 56.5 Å². The molecule has 19 heavy (non-hydrogen) atoms. The smallest absolute Gasteiger partial charge is 0.0624 e. The van der Waals surface area contributed by atoms with Crippen LogP contribution in [0.5, 0.6) is 0 Å². The van der Waals surface area contributed by atoms with Crippen LogP contribution in [0, 0.1) is 5.41 Å². The summed E-state index contributed by atoms with van der Waals surface area (Å²) in [6.07, 6.45) is 8.98. The molecule has 1 aromatic heterocycles. The summed E-state index contributed by atoms with van der Waals surface area (Å²) >= 11 is 0. The summed E-state index contributed by atoms with van der Waals surface area (Å²) in [4.78, 5) is 0. The normalized spacial score (nSPS) is 18.1. The Labute approximate surface area is 117 Å². The monoisotopic (exact) mass is 263 g/mol. The van der Waals surface area contributed by atoms with Gasteiger partial charge in [-0.15, -0.1) is 0 Å². The predicted molar refractivity (Wildman–Crippen MR) is 80.4 cm³/mol. The minimum absolute atomic E-state index is 0.480. The molecular weight excluding hydrogens is 234 g/mol. The van der Waals surface area contributed by atoms with Crippen LogP contribution < -0.4 is 5.32 Å². The Kier molecular flexibility index (Phi) is 5.03. The highest BCUT2D eigenvalue weighted by Crippen LogP contribution is 2.40. The summed E-state index contributed by atoms with van der Waals surface area (Å²) < 4.78 is 2.10. The van der Waals surface area contributed by atoms with Crippen molar-refractivity contribution < 1.29 is 0 Å². The van der Waals surface area contributed by atoms with Crippen molar-refractivity contribution in [1.29, 1.82) is 0 Å². The second kappa shape index (κ2) is 6.56. The van der Waals surface area contributed by atoms with Gasteiger partial charge in [0.15, 0.2) is 0 Å². The number of nitrogens with zero attached hydrogens (tertiary/aromatic N) is 2. The molecule has 0 saturated heterocycles. The summed E-state index contributed by atoms with van der Waals surface area (Å²) in [5.41, 5.74) is 3.12. The molecule has 1 aliphatic rings. The van der Waals surface area contributed by atoms with Crippen molar-refractivity contribution in [3.63, 3.8) is 0 Å². The Morgan fingerprint density at radius 2 is 2.05 bits per heavy atom. The minimum atomic E-state index is 0.480. The van der Waals surface area contributed by atoms with Crippen LogP contribution in [-0.2, 0) is 19.9 Å².